The van der Waals surface area contributed by atoms with Crippen molar-refractivity contribution >= 4 is 11.4 Å². The second-order valence-electron chi connectivity index (χ2n) is 9.20. The second-order valence-corrected chi connectivity index (χ2v) is 9.20. The Morgan fingerprint density at radius 3 is 2.28 bits per heavy atom. The van der Waals surface area contributed by atoms with Crippen LogP contribution in [0, 0.1) is 5.92 Å². The zero-order valence-electron chi connectivity index (χ0n) is 20.8. The van der Waals surface area contributed by atoms with Gasteiger partial charge in [0.05, 0.1) is 0 Å². The Morgan fingerprint density at radius 1 is 0.906 bits per heavy atom. The zero-order chi connectivity index (χ0) is 23.5. The molecule has 2 aromatic carbocycles. The van der Waals surface area contributed by atoms with E-state index in [1.54, 1.807) is 6.92 Å². The van der Waals surface area contributed by atoms with Crippen LogP contribution in [-0.4, -0.2) is 5.78 Å². The summed E-state index contributed by atoms with van der Waals surface area (Å²) in [7, 11) is 0. The lowest BCUT2D eigenvalue weighted by atomic mass is 9.92. The normalized spacial score (nSPS) is 14.9. The van der Waals surface area contributed by atoms with Gasteiger partial charge in [-0.3, -0.25) is 4.79 Å². The Labute approximate surface area is 196 Å². The van der Waals surface area contributed by atoms with Crippen LogP contribution in [0.15, 0.2) is 84.0 Å². The molecule has 0 amide bonds. The minimum atomic E-state index is -0.0527. The third-order valence-corrected chi connectivity index (χ3v) is 6.18. The molecule has 2 rings (SSSR count). The van der Waals surface area contributed by atoms with Gasteiger partial charge in [-0.2, -0.15) is 0 Å². The molecular weight excluding hydrogens is 388 g/mol. The van der Waals surface area contributed by atoms with Crippen LogP contribution in [-0.2, 0) is 11.2 Å². The smallest absolute Gasteiger partial charge is 0.136 e. The predicted molar refractivity (Wildman–Crippen MR) is 140 cm³/mol. The van der Waals surface area contributed by atoms with Crippen molar-refractivity contribution in [1.82, 2.24) is 0 Å². The lowest BCUT2D eigenvalue weighted by Gasteiger charge is -2.12. The third-order valence-electron chi connectivity index (χ3n) is 6.18. The fourth-order valence-electron chi connectivity index (χ4n) is 4.09. The maximum atomic E-state index is 11.8. The van der Waals surface area contributed by atoms with Gasteiger partial charge in [-0.15, -0.1) is 0 Å². The van der Waals surface area contributed by atoms with Gasteiger partial charge in [0.2, 0.25) is 0 Å². The van der Waals surface area contributed by atoms with Crippen LogP contribution in [0.1, 0.15) is 83.4 Å². The van der Waals surface area contributed by atoms with Crippen LogP contribution in [0.3, 0.4) is 0 Å². The third kappa shape index (κ3) is 8.46. The molecule has 1 heteroatoms. The van der Waals surface area contributed by atoms with E-state index in [0.717, 1.165) is 31.2 Å². The summed E-state index contributed by atoms with van der Waals surface area (Å²) < 4.78 is 0. The van der Waals surface area contributed by atoms with Crippen molar-refractivity contribution < 1.29 is 4.79 Å². The van der Waals surface area contributed by atoms with E-state index in [4.69, 9.17) is 0 Å². The van der Waals surface area contributed by atoms with Crippen LogP contribution in [0.4, 0.5) is 0 Å². The highest BCUT2D eigenvalue weighted by Gasteiger charge is 2.11. The molecule has 0 bridgehead atoms. The second kappa shape index (κ2) is 13.0. The van der Waals surface area contributed by atoms with Crippen molar-refractivity contribution in [2.45, 2.75) is 73.1 Å². The van der Waals surface area contributed by atoms with Gasteiger partial charge in [0.25, 0.3) is 0 Å². The fourth-order valence-corrected chi connectivity index (χ4v) is 4.09. The van der Waals surface area contributed by atoms with Gasteiger partial charge in [0.15, 0.2) is 0 Å². The summed E-state index contributed by atoms with van der Waals surface area (Å²) in [5.74, 6) is 0.685. The number of carbonyl (C=O) groups is 1. The van der Waals surface area contributed by atoms with Crippen LogP contribution >= 0.6 is 0 Å². The van der Waals surface area contributed by atoms with Crippen molar-refractivity contribution in [3.63, 3.8) is 0 Å². The van der Waals surface area contributed by atoms with Gasteiger partial charge in [-0.25, -0.2) is 0 Å². The summed E-state index contributed by atoms with van der Waals surface area (Å²) >= 11 is 0. The maximum absolute atomic E-state index is 11.8. The number of hydrogen-bond donors (Lipinski definition) is 0. The van der Waals surface area contributed by atoms with E-state index in [-0.39, 0.29) is 11.7 Å². The van der Waals surface area contributed by atoms with Crippen molar-refractivity contribution in [3.8, 4) is 0 Å². The zero-order valence-corrected chi connectivity index (χ0v) is 20.8. The molecule has 32 heavy (non-hydrogen) atoms. The quantitative estimate of drug-likeness (QED) is 0.258. The first-order valence-corrected chi connectivity index (χ1v) is 12.0. The van der Waals surface area contributed by atoms with E-state index < -0.39 is 0 Å². The average molecular weight is 429 g/mol. The van der Waals surface area contributed by atoms with E-state index >= 15 is 0 Å². The molecule has 0 aliphatic heterocycles. The standard InChI is InChI=1S/C31H40O/c1-7-29(31-15-11-14-30(22-31)26(5)27(6)32)19-17-24(3)21-25(4)20-23(2)16-18-28-12-9-8-10-13-28/h8-15,17,19-20,22,25-26H,7,16,18,21H2,1-6H3. The molecule has 0 aliphatic carbocycles. The Bertz CT molecular complexity index is 959. The number of Topliss-reactive ketones (excluding diaryl/α,β-unsaturated/α-hetero) is 1. The van der Waals surface area contributed by atoms with Gasteiger partial charge in [0, 0.05) is 5.92 Å². The fraction of sp³-hybridized carbons (Fsp3) is 0.387. The predicted octanol–water partition coefficient (Wildman–Crippen LogP) is 8.72. The number of aryl methyl sites for hydroxylation is 1. The molecule has 0 fully saturated rings. The molecule has 2 aromatic rings. The molecule has 0 saturated carbocycles. The Morgan fingerprint density at radius 2 is 1.62 bits per heavy atom. The molecule has 0 saturated heterocycles. The minimum absolute atomic E-state index is 0.0527. The molecule has 2 atom stereocenters. The summed E-state index contributed by atoms with van der Waals surface area (Å²) in [6, 6.07) is 19.2. The van der Waals surface area contributed by atoms with E-state index in [1.165, 1.54) is 27.8 Å². The van der Waals surface area contributed by atoms with Crippen molar-refractivity contribution in [1.29, 1.82) is 0 Å². The molecule has 1 nitrogen and oxygen atoms in total. The monoisotopic (exact) mass is 428 g/mol. The summed E-state index contributed by atoms with van der Waals surface area (Å²) in [6.45, 7) is 12.6. The molecular formula is C31H40O. The molecule has 170 valence electrons. The highest BCUT2D eigenvalue weighted by molar-refractivity contribution is 5.83. The largest absolute Gasteiger partial charge is 0.299 e. The lowest BCUT2D eigenvalue weighted by Crippen LogP contribution is -2.04. The average Bonchev–Trinajstić information content (AvgIpc) is 2.78. The van der Waals surface area contributed by atoms with Gasteiger partial charge in [-0.1, -0.05) is 105 Å². The molecule has 0 aliphatic rings. The van der Waals surface area contributed by atoms with E-state index in [2.05, 4.69) is 101 Å². The number of benzene rings is 2. The Balaban J connectivity index is 2.01. The van der Waals surface area contributed by atoms with Crippen LogP contribution in [0.2, 0.25) is 0 Å². The molecule has 0 spiro atoms. The van der Waals surface area contributed by atoms with Gasteiger partial charge >= 0.3 is 0 Å². The van der Waals surface area contributed by atoms with Gasteiger partial charge < -0.3 is 0 Å². The molecule has 0 heterocycles. The Kier molecular flexibility index (Phi) is 10.4. The minimum Gasteiger partial charge on any atom is -0.299 e. The maximum Gasteiger partial charge on any atom is 0.136 e. The summed E-state index contributed by atoms with van der Waals surface area (Å²) in [4.78, 5) is 11.8. The summed E-state index contributed by atoms with van der Waals surface area (Å²) in [5.41, 5.74) is 7.89. The first-order chi connectivity index (χ1) is 15.3. The van der Waals surface area contributed by atoms with Crippen LogP contribution < -0.4 is 0 Å². The lowest BCUT2D eigenvalue weighted by molar-refractivity contribution is -0.118. The molecule has 0 N–H and O–H groups in total. The highest BCUT2D eigenvalue weighted by atomic mass is 16.1. The number of rotatable bonds is 11. The van der Waals surface area contributed by atoms with E-state index in [9.17, 15) is 4.79 Å². The summed E-state index contributed by atoms with van der Waals surface area (Å²) in [5, 5.41) is 0. The van der Waals surface area contributed by atoms with E-state index in [0.29, 0.717) is 5.92 Å². The first kappa shape index (κ1) is 25.6. The molecule has 2 unspecified atom stereocenters. The number of hydrogen-bond acceptors (Lipinski definition) is 1. The molecule has 0 aromatic heterocycles. The van der Waals surface area contributed by atoms with Crippen molar-refractivity contribution in [2.24, 2.45) is 5.92 Å². The van der Waals surface area contributed by atoms with Crippen molar-refractivity contribution in [3.05, 3.63) is 101 Å². The van der Waals surface area contributed by atoms with Crippen LogP contribution in [0.25, 0.3) is 5.57 Å². The summed E-state index contributed by atoms with van der Waals surface area (Å²) in [6.07, 6.45) is 11.2. The van der Waals surface area contributed by atoms with Crippen molar-refractivity contribution in [2.75, 3.05) is 0 Å². The highest BCUT2D eigenvalue weighted by Crippen LogP contribution is 2.25. The number of ketones is 1. The SMILES string of the molecule is CCC(=CC=C(C)CC(C)C=C(C)CCc1ccccc1)c1cccc(C(C)C(C)=O)c1. The molecule has 0 radical (unpaired) electrons. The Hall–Kier alpha value is -2.67. The van der Waals surface area contributed by atoms with Gasteiger partial charge in [0.1, 0.15) is 5.78 Å². The van der Waals surface area contributed by atoms with E-state index in [1.807, 2.05) is 6.92 Å². The topological polar surface area (TPSA) is 17.1 Å². The van der Waals surface area contributed by atoms with Crippen LogP contribution in [0.5, 0.6) is 0 Å². The van der Waals surface area contributed by atoms with Gasteiger partial charge in [-0.05, 0) is 74.6 Å². The number of carbonyl (C=O) groups excluding carboxylic acids is 1. The first-order valence-electron chi connectivity index (χ1n) is 12.0. The number of allylic oxidation sites excluding steroid dienone is 6.